The van der Waals surface area contributed by atoms with Crippen LogP contribution in [0.1, 0.15) is 24.0 Å². The van der Waals surface area contributed by atoms with Crippen LogP contribution in [-0.4, -0.2) is 64.9 Å². The summed E-state index contributed by atoms with van der Waals surface area (Å²) in [6, 6.07) is 23.3. The van der Waals surface area contributed by atoms with Crippen LogP contribution in [0.5, 0.6) is 0 Å². The maximum atomic E-state index is 13.2. The van der Waals surface area contributed by atoms with Crippen LogP contribution in [0.15, 0.2) is 79.1 Å². The number of benzene rings is 2. The van der Waals surface area contributed by atoms with Gasteiger partial charge in [0.25, 0.3) is 0 Å². The van der Waals surface area contributed by atoms with Crippen molar-refractivity contribution in [3.05, 3.63) is 90.3 Å². The first kappa shape index (κ1) is 22.8. The summed E-state index contributed by atoms with van der Waals surface area (Å²) in [6.45, 7) is 7.48. The number of pyridine rings is 1. The molecule has 0 saturated carbocycles. The number of aromatic nitrogens is 1. The first-order chi connectivity index (χ1) is 16.8. The lowest BCUT2D eigenvalue weighted by Gasteiger charge is -2.38. The number of carbonyl (C=O) groups is 1. The molecular weight excluding hydrogens is 420 g/mol. The lowest BCUT2D eigenvalue weighted by atomic mass is 9.94. The van der Waals surface area contributed by atoms with Gasteiger partial charge >= 0.3 is 0 Å². The van der Waals surface area contributed by atoms with Gasteiger partial charge in [-0.3, -0.25) is 19.6 Å². The van der Waals surface area contributed by atoms with Crippen molar-refractivity contribution in [1.29, 1.82) is 0 Å². The molecule has 5 rings (SSSR count). The van der Waals surface area contributed by atoms with Crippen LogP contribution >= 0.6 is 0 Å². The second-order valence-electron chi connectivity index (χ2n) is 9.54. The highest BCUT2D eigenvalue weighted by molar-refractivity contribution is 5.79. The zero-order valence-electron chi connectivity index (χ0n) is 19.9. The van der Waals surface area contributed by atoms with Gasteiger partial charge < -0.3 is 4.90 Å². The number of hydrogen-bond donors (Lipinski definition) is 0. The summed E-state index contributed by atoms with van der Waals surface area (Å²) < 4.78 is 0. The predicted octanol–water partition coefficient (Wildman–Crippen LogP) is 4.31. The molecule has 5 heteroatoms. The Hall–Kier alpha value is -3.02. The van der Waals surface area contributed by atoms with Crippen molar-refractivity contribution in [2.24, 2.45) is 5.92 Å². The molecule has 0 atom stereocenters. The van der Waals surface area contributed by atoms with E-state index in [9.17, 15) is 4.79 Å². The van der Waals surface area contributed by atoms with Crippen LogP contribution in [0, 0.1) is 5.92 Å². The summed E-state index contributed by atoms with van der Waals surface area (Å²) in [7, 11) is 0. The predicted molar refractivity (Wildman–Crippen MR) is 136 cm³/mol. The van der Waals surface area contributed by atoms with Crippen LogP contribution < -0.4 is 0 Å². The van der Waals surface area contributed by atoms with Gasteiger partial charge in [-0.05, 0) is 48.7 Å². The second-order valence-corrected chi connectivity index (χ2v) is 9.54. The molecule has 0 N–H and O–H groups in total. The van der Waals surface area contributed by atoms with Crippen LogP contribution in [0.3, 0.4) is 0 Å². The van der Waals surface area contributed by atoms with E-state index in [0.29, 0.717) is 5.91 Å². The molecule has 176 valence electrons. The van der Waals surface area contributed by atoms with E-state index in [2.05, 4.69) is 80.3 Å². The minimum atomic E-state index is 0.172. The van der Waals surface area contributed by atoms with Gasteiger partial charge in [-0.1, -0.05) is 60.7 Å². The number of likely N-dealkylation sites (tertiary alicyclic amines) is 1. The van der Waals surface area contributed by atoms with Gasteiger partial charge in [-0.2, -0.15) is 0 Å². The quantitative estimate of drug-likeness (QED) is 0.557. The average molecular weight is 455 g/mol. The highest BCUT2D eigenvalue weighted by atomic mass is 16.2. The number of amides is 1. The maximum absolute atomic E-state index is 13.2. The van der Waals surface area contributed by atoms with Crippen LogP contribution in [0.2, 0.25) is 0 Å². The number of hydrogen-bond acceptors (Lipinski definition) is 4. The van der Waals surface area contributed by atoms with E-state index < -0.39 is 0 Å². The highest BCUT2D eigenvalue weighted by Crippen LogP contribution is 2.27. The summed E-state index contributed by atoms with van der Waals surface area (Å²) in [5.41, 5.74) is 5.09. The Morgan fingerprint density at radius 2 is 1.47 bits per heavy atom. The Morgan fingerprint density at radius 1 is 0.765 bits per heavy atom. The van der Waals surface area contributed by atoms with Crippen molar-refractivity contribution in [3.8, 4) is 11.1 Å². The molecule has 0 aliphatic carbocycles. The van der Waals surface area contributed by atoms with Gasteiger partial charge in [0.1, 0.15) is 0 Å². The monoisotopic (exact) mass is 454 g/mol. The van der Waals surface area contributed by atoms with Crippen molar-refractivity contribution >= 4 is 5.91 Å². The zero-order chi connectivity index (χ0) is 23.2. The first-order valence-electron chi connectivity index (χ1n) is 12.5. The minimum Gasteiger partial charge on any atom is -0.340 e. The van der Waals surface area contributed by atoms with Gasteiger partial charge in [-0.25, -0.2) is 0 Å². The van der Waals surface area contributed by atoms with E-state index in [4.69, 9.17) is 0 Å². The molecule has 2 aliphatic rings. The SMILES string of the molecule is O=C(C1CCN(Cc2ccccc2-c2cccnc2)CC1)N1CCN(Cc2ccccc2)CC1. The average Bonchev–Trinajstić information content (AvgIpc) is 2.91. The minimum absolute atomic E-state index is 0.172. The topological polar surface area (TPSA) is 39.7 Å². The number of piperazine rings is 1. The molecule has 2 fully saturated rings. The molecule has 1 amide bonds. The normalized spacial score (nSPS) is 18.2. The Balaban J connectivity index is 1.11. The van der Waals surface area contributed by atoms with Gasteiger partial charge in [-0.15, -0.1) is 0 Å². The van der Waals surface area contributed by atoms with E-state index >= 15 is 0 Å². The van der Waals surface area contributed by atoms with Crippen LogP contribution in [0.25, 0.3) is 11.1 Å². The van der Waals surface area contributed by atoms with E-state index in [1.807, 2.05) is 18.5 Å². The maximum Gasteiger partial charge on any atom is 0.225 e. The smallest absolute Gasteiger partial charge is 0.225 e. The fourth-order valence-corrected chi connectivity index (χ4v) is 5.27. The number of carbonyl (C=O) groups excluding carboxylic acids is 1. The van der Waals surface area contributed by atoms with Crippen molar-refractivity contribution in [2.45, 2.75) is 25.9 Å². The largest absolute Gasteiger partial charge is 0.340 e. The van der Waals surface area contributed by atoms with Crippen molar-refractivity contribution in [2.75, 3.05) is 39.3 Å². The third-order valence-electron chi connectivity index (χ3n) is 7.25. The molecule has 0 unspecified atom stereocenters. The Bertz CT molecular complexity index is 1060. The zero-order valence-corrected chi connectivity index (χ0v) is 19.9. The van der Waals surface area contributed by atoms with Crippen LogP contribution in [0.4, 0.5) is 0 Å². The summed E-state index contributed by atoms with van der Waals surface area (Å²) in [5, 5.41) is 0. The Kier molecular flexibility index (Phi) is 7.32. The van der Waals surface area contributed by atoms with E-state index in [-0.39, 0.29) is 5.92 Å². The summed E-state index contributed by atoms with van der Waals surface area (Å²) >= 11 is 0. The molecule has 3 aromatic rings. The van der Waals surface area contributed by atoms with E-state index in [0.717, 1.165) is 70.8 Å². The van der Waals surface area contributed by atoms with Crippen LogP contribution in [-0.2, 0) is 17.9 Å². The molecule has 0 radical (unpaired) electrons. The van der Waals surface area contributed by atoms with Crippen molar-refractivity contribution in [1.82, 2.24) is 19.7 Å². The lowest BCUT2D eigenvalue weighted by Crippen LogP contribution is -2.51. The number of rotatable bonds is 6. The molecule has 34 heavy (non-hydrogen) atoms. The Labute approximate surface area is 203 Å². The molecule has 5 nitrogen and oxygen atoms in total. The van der Waals surface area contributed by atoms with Gasteiger partial charge in [0.05, 0.1) is 0 Å². The molecule has 0 bridgehead atoms. The van der Waals surface area contributed by atoms with Crippen molar-refractivity contribution in [3.63, 3.8) is 0 Å². The summed E-state index contributed by atoms with van der Waals surface area (Å²) in [4.78, 5) is 24.6. The third-order valence-corrected chi connectivity index (χ3v) is 7.25. The number of piperidine rings is 1. The highest BCUT2D eigenvalue weighted by Gasteiger charge is 2.30. The molecule has 1 aromatic heterocycles. The third kappa shape index (κ3) is 5.54. The second kappa shape index (κ2) is 10.9. The molecule has 0 spiro atoms. The molecule has 2 saturated heterocycles. The summed E-state index contributed by atoms with van der Waals surface area (Å²) in [6.07, 6.45) is 5.66. The number of nitrogens with zero attached hydrogens (tertiary/aromatic N) is 4. The van der Waals surface area contributed by atoms with E-state index in [1.54, 1.807) is 0 Å². The molecule has 2 aliphatic heterocycles. The standard InChI is InChI=1S/C29H34N4O/c34-29(33-19-17-32(18-20-33)22-24-7-2-1-3-8-24)25-12-15-31(16-13-25)23-27-9-4-5-11-28(27)26-10-6-14-30-21-26/h1-11,14,21,25H,12-13,15-20,22-23H2. The summed E-state index contributed by atoms with van der Waals surface area (Å²) in [5.74, 6) is 0.542. The molecule has 3 heterocycles. The molecular formula is C29H34N4O. The molecule has 2 aromatic carbocycles. The Morgan fingerprint density at radius 3 is 2.21 bits per heavy atom. The van der Waals surface area contributed by atoms with Crippen molar-refractivity contribution < 1.29 is 4.79 Å². The van der Waals surface area contributed by atoms with Gasteiger partial charge in [0, 0.05) is 63.1 Å². The van der Waals surface area contributed by atoms with Gasteiger partial charge in [0.15, 0.2) is 0 Å². The fourth-order valence-electron chi connectivity index (χ4n) is 5.27. The van der Waals surface area contributed by atoms with Gasteiger partial charge in [0.2, 0.25) is 5.91 Å². The first-order valence-corrected chi connectivity index (χ1v) is 12.5. The van der Waals surface area contributed by atoms with E-state index in [1.165, 1.54) is 16.7 Å². The fraction of sp³-hybridized carbons (Fsp3) is 0.379. The lowest BCUT2D eigenvalue weighted by molar-refractivity contribution is -0.139.